The molecular weight excluding hydrogens is 320 g/mol. The number of methoxy groups -OCH3 is 1. The molecule has 6 heteroatoms. The quantitative estimate of drug-likeness (QED) is 0.511. The predicted octanol–water partition coefficient (Wildman–Crippen LogP) is 2.92. The smallest absolute Gasteiger partial charge is 0.338 e. The molecule has 0 aliphatic rings. The zero-order chi connectivity index (χ0) is 17.6. The van der Waals surface area contributed by atoms with E-state index in [-0.39, 0.29) is 12.4 Å². The number of para-hydroxylation sites is 1. The molecule has 0 radical (unpaired) electrons. The van der Waals surface area contributed by atoms with Gasteiger partial charge in [0.25, 0.3) is 0 Å². The second-order valence-corrected chi connectivity index (χ2v) is 5.20. The fourth-order valence-electron chi connectivity index (χ4n) is 2.34. The van der Waals surface area contributed by atoms with E-state index < -0.39 is 5.97 Å². The van der Waals surface area contributed by atoms with Crippen molar-refractivity contribution in [3.05, 3.63) is 78.1 Å². The van der Waals surface area contributed by atoms with E-state index in [2.05, 4.69) is 5.10 Å². The summed E-state index contributed by atoms with van der Waals surface area (Å²) in [6.45, 7) is -0.347. The summed E-state index contributed by atoms with van der Waals surface area (Å²) in [7, 11) is 1.49. The normalized spacial score (nSPS) is 10.3. The molecule has 1 heterocycles. The first kappa shape index (κ1) is 16.4. The second kappa shape index (κ2) is 7.44. The van der Waals surface area contributed by atoms with Gasteiger partial charge in [-0.3, -0.25) is 4.79 Å². The van der Waals surface area contributed by atoms with E-state index >= 15 is 0 Å². The van der Waals surface area contributed by atoms with Crippen molar-refractivity contribution in [2.75, 3.05) is 13.7 Å². The Kier molecular flexibility index (Phi) is 4.89. The number of ether oxygens (including phenoxy) is 2. The molecule has 1 aromatic heterocycles. The summed E-state index contributed by atoms with van der Waals surface area (Å²) in [5.74, 6) is -0.429. The first-order valence-corrected chi connectivity index (χ1v) is 7.62. The van der Waals surface area contributed by atoms with E-state index in [9.17, 15) is 9.59 Å². The SMILES string of the molecule is COc1ccccc1C(=O)COC(=O)c1ccc(-n2cccn2)cc1. The Morgan fingerprint density at radius 2 is 1.80 bits per heavy atom. The van der Waals surface area contributed by atoms with Crippen LogP contribution in [0.4, 0.5) is 0 Å². The average molecular weight is 336 g/mol. The number of esters is 1. The Bertz CT molecular complexity index is 871. The Hall–Kier alpha value is -3.41. The van der Waals surface area contributed by atoms with E-state index in [4.69, 9.17) is 9.47 Å². The number of Topliss-reactive ketones (excluding diaryl/α,β-unsaturated/α-hetero) is 1. The number of aromatic nitrogens is 2. The Morgan fingerprint density at radius 1 is 1.04 bits per heavy atom. The maximum atomic E-state index is 12.2. The molecule has 0 bridgehead atoms. The molecule has 0 unspecified atom stereocenters. The molecule has 3 aromatic rings. The van der Waals surface area contributed by atoms with Crippen molar-refractivity contribution in [2.45, 2.75) is 0 Å². The highest BCUT2D eigenvalue weighted by molar-refractivity contribution is 6.01. The number of ketones is 1. The topological polar surface area (TPSA) is 70.4 Å². The van der Waals surface area contributed by atoms with Crippen LogP contribution in [0.3, 0.4) is 0 Å². The van der Waals surface area contributed by atoms with Crippen LogP contribution in [-0.4, -0.2) is 35.2 Å². The fourth-order valence-corrected chi connectivity index (χ4v) is 2.34. The predicted molar refractivity (Wildman–Crippen MR) is 91.2 cm³/mol. The molecule has 0 aliphatic heterocycles. The summed E-state index contributed by atoms with van der Waals surface area (Å²) in [4.78, 5) is 24.3. The van der Waals surface area contributed by atoms with Gasteiger partial charge in [-0.05, 0) is 42.5 Å². The van der Waals surface area contributed by atoms with E-state index in [1.807, 2.05) is 6.07 Å². The van der Waals surface area contributed by atoms with Gasteiger partial charge in [-0.1, -0.05) is 12.1 Å². The van der Waals surface area contributed by atoms with Crippen LogP contribution < -0.4 is 4.74 Å². The van der Waals surface area contributed by atoms with Crippen molar-refractivity contribution in [2.24, 2.45) is 0 Å². The zero-order valence-electron chi connectivity index (χ0n) is 13.6. The number of rotatable bonds is 6. The molecule has 0 N–H and O–H groups in total. The monoisotopic (exact) mass is 336 g/mol. The standard InChI is InChI=1S/C19H16N2O4/c1-24-18-6-3-2-5-16(18)17(22)13-25-19(23)14-7-9-15(10-8-14)21-12-4-11-20-21/h2-12H,13H2,1H3. The Morgan fingerprint density at radius 3 is 2.48 bits per heavy atom. The summed E-state index contributed by atoms with van der Waals surface area (Å²) >= 11 is 0. The third kappa shape index (κ3) is 3.74. The molecule has 3 rings (SSSR count). The van der Waals surface area contributed by atoms with Crippen LogP contribution in [0.25, 0.3) is 5.69 Å². The summed E-state index contributed by atoms with van der Waals surface area (Å²) in [5, 5.41) is 4.11. The van der Waals surface area contributed by atoms with Gasteiger partial charge >= 0.3 is 5.97 Å². The summed E-state index contributed by atoms with van der Waals surface area (Å²) in [5.41, 5.74) is 1.57. The lowest BCUT2D eigenvalue weighted by molar-refractivity contribution is 0.0474. The first-order valence-electron chi connectivity index (χ1n) is 7.62. The minimum Gasteiger partial charge on any atom is -0.496 e. The number of hydrogen-bond donors (Lipinski definition) is 0. The third-order valence-electron chi connectivity index (χ3n) is 3.61. The van der Waals surface area contributed by atoms with Crippen LogP contribution in [0, 0.1) is 0 Å². The maximum absolute atomic E-state index is 12.2. The first-order chi connectivity index (χ1) is 12.2. The lowest BCUT2D eigenvalue weighted by atomic mass is 10.1. The van der Waals surface area contributed by atoms with Crippen LogP contribution in [0.5, 0.6) is 5.75 Å². The minimum absolute atomic E-state index is 0.320. The molecule has 0 saturated heterocycles. The largest absolute Gasteiger partial charge is 0.496 e. The van der Waals surface area contributed by atoms with Crippen LogP contribution in [-0.2, 0) is 4.74 Å². The van der Waals surface area contributed by atoms with E-state index in [0.717, 1.165) is 5.69 Å². The molecule has 0 fully saturated rings. The van der Waals surface area contributed by atoms with Gasteiger partial charge in [0.2, 0.25) is 5.78 Å². The van der Waals surface area contributed by atoms with Gasteiger partial charge in [-0.25, -0.2) is 9.48 Å². The van der Waals surface area contributed by atoms with Crippen molar-refractivity contribution in [1.29, 1.82) is 0 Å². The molecule has 6 nitrogen and oxygen atoms in total. The third-order valence-corrected chi connectivity index (χ3v) is 3.61. The van der Waals surface area contributed by atoms with Crippen molar-refractivity contribution in [1.82, 2.24) is 9.78 Å². The van der Waals surface area contributed by atoms with Gasteiger partial charge < -0.3 is 9.47 Å². The molecule has 0 amide bonds. The Labute approximate surface area is 144 Å². The highest BCUT2D eigenvalue weighted by Crippen LogP contribution is 2.18. The molecule has 0 saturated carbocycles. The number of nitrogens with zero attached hydrogens (tertiary/aromatic N) is 2. The summed E-state index contributed by atoms with van der Waals surface area (Å²) in [6, 6.07) is 15.4. The minimum atomic E-state index is -0.560. The highest BCUT2D eigenvalue weighted by Gasteiger charge is 2.15. The van der Waals surface area contributed by atoms with Gasteiger partial charge in [-0.15, -0.1) is 0 Å². The van der Waals surface area contributed by atoms with Crippen molar-refractivity contribution < 1.29 is 19.1 Å². The number of benzene rings is 2. The fraction of sp³-hybridized carbons (Fsp3) is 0.105. The molecule has 25 heavy (non-hydrogen) atoms. The van der Waals surface area contributed by atoms with Crippen LogP contribution >= 0.6 is 0 Å². The van der Waals surface area contributed by atoms with Gasteiger partial charge in [0.15, 0.2) is 6.61 Å². The molecular formula is C19H16N2O4. The Balaban J connectivity index is 1.63. The lowest BCUT2D eigenvalue weighted by Crippen LogP contribution is -2.15. The molecule has 2 aromatic carbocycles. The number of carbonyl (C=O) groups is 2. The molecule has 0 aliphatic carbocycles. The van der Waals surface area contributed by atoms with E-state index in [0.29, 0.717) is 16.9 Å². The maximum Gasteiger partial charge on any atom is 0.338 e. The summed E-state index contributed by atoms with van der Waals surface area (Å²) < 4.78 is 11.9. The van der Waals surface area contributed by atoms with Crippen molar-refractivity contribution in [3.63, 3.8) is 0 Å². The summed E-state index contributed by atoms with van der Waals surface area (Å²) in [6.07, 6.45) is 3.48. The molecule has 0 atom stereocenters. The van der Waals surface area contributed by atoms with Gasteiger partial charge in [0.05, 0.1) is 23.9 Å². The number of hydrogen-bond acceptors (Lipinski definition) is 5. The van der Waals surface area contributed by atoms with Crippen molar-refractivity contribution >= 4 is 11.8 Å². The molecule has 126 valence electrons. The van der Waals surface area contributed by atoms with Crippen LogP contribution in [0.15, 0.2) is 67.0 Å². The van der Waals surface area contributed by atoms with Gasteiger partial charge in [0.1, 0.15) is 5.75 Å². The van der Waals surface area contributed by atoms with E-state index in [1.54, 1.807) is 65.6 Å². The van der Waals surface area contributed by atoms with Crippen molar-refractivity contribution in [3.8, 4) is 11.4 Å². The highest BCUT2D eigenvalue weighted by atomic mass is 16.5. The van der Waals surface area contributed by atoms with Crippen LogP contribution in [0.2, 0.25) is 0 Å². The van der Waals surface area contributed by atoms with Gasteiger partial charge in [-0.2, -0.15) is 5.10 Å². The lowest BCUT2D eigenvalue weighted by Gasteiger charge is -2.08. The number of carbonyl (C=O) groups excluding carboxylic acids is 2. The van der Waals surface area contributed by atoms with Gasteiger partial charge in [0, 0.05) is 12.4 Å². The second-order valence-electron chi connectivity index (χ2n) is 5.20. The van der Waals surface area contributed by atoms with Crippen LogP contribution in [0.1, 0.15) is 20.7 Å². The zero-order valence-corrected chi connectivity index (χ0v) is 13.6. The average Bonchev–Trinajstić information content (AvgIpc) is 3.20. The molecule has 0 spiro atoms. The van der Waals surface area contributed by atoms with E-state index in [1.165, 1.54) is 7.11 Å².